The van der Waals surface area contributed by atoms with E-state index in [9.17, 15) is 13.2 Å². The SMILES string of the molecule is Cc1c(C(=O)N2CCOCC2)cc(Br)cc1S(N)(=O)=O. The van der Waals surface area contributed by atoms with Crippen molar-refractivity contribution in [2.45, 2.75) is 11.8 Å². The number of benzene rings is 1. The number of ether oxygens (including phenoxy) is 1. The molecule has 20 heavy (non-hydrogen) atoms. The highest BCUT2D eigenvalue weighted by Gasteiger charge is 2.24. The van der Waals surface area contributed by atoms with E-state index >= 15 is 0 Å². The Morgan fingerprint density at radius 2 is 1.95 bits per heavy atom. The van der Waals surface area contributed by atoms with Crippen molar-refractivity contribution < 1.29 is 17.9 Å². The second-order valence-electron chi connectivity index (χ2n) is 4.53. The lowest BCUT2D eigenvalue weighted by molar-refractivity contribution is 0.0302. The van der Waals surface area contributed by atoms with Crippen molar-refractivity contribution in [3.05, 3.63) is 27.7 Å². The van der Waals surface area contributed by atoms with Crippen LogP contribution in [0.15, 0.2) is 21.5 Å². The number of hydrogen-bond acceptors (Lipinski definition) is 4. The van der Waals surface area contributed by atoms with Gasteiger partial charge in [-0.3, -0.25) is 4.79 Å². The van der Waals surface area contributed by atoms with Crippen molar-refractivity contribution in [2.24, 2.45) is 5.14 Å². The number of rotatable bonds is 2. The number of amides is 1. The highest BCUT2D eigenvalue weighted by molar-refractivity contribution is 9.10. The van der Waals surface area contributed by atoms with Crippen LogP contribution in [-0.2, 0) is 14.8 Å². The van der Waals surface area contributed by atoms with Gasteiger partial charge in [-0.2, -0.15) is 0 Å². The third-order valence-electron chi connectivity index (χ3n) is 3.16. The summed E-state index contributed by atoms with van der Waals surface area (Å²) >= 11 is 3.22. The summed E-state index contributed by atoms with van der Waals surface area (Å²) in [6.45, 7) is 3.55. The molecule has 1 aliphatic heterocycles. The third kappa shape index (κ3) is 3.20. The van der Waals surface area contributed by atoms with E-state index in [2.05, 4.69) is 15.9 Å². The fourth-order valence-corrected chi connectivity index (χ4v) is 3.55. The zero-order chi connectivity index (χ0) is 14.9. The largest absolute Gasteiger partial charge is 0.378 e. The smallest absolute Gasteiger partial charge is 0.254 e. The Balaban J connectivity index is 2.46. The summed E-state index contributed by atoms with van der Waals surface area (Å²) in [6.07, 6.45) is 0. The summed E-state index contributed by atoms with van der Waals surface area (Å²) in [6, 6.07) is 3.02. The molecule has 110 valence electrons. The summed E-state index contributed by atoms with van der Waals surface area (Å²) in [5.74, 6) is -0.211. The van der Waals surface area contributed by atoms with Crippen molar-refractivity contribution in [3.8, 4) is 0 Å². The zero-order valence-electron chi connectivity index (χ0n) is 10.9. The van der Waals surface area contributed by atoms with Gasteiger partial charge in [0.2, 0.25) is 10.0 Å². The quantitative estimate of drug-likeness (QED) is 0.845. The molecule has 0 aromatic heterocycles. The Morgan fingerprint density at radius 3 is 2.50 bits per heavy atom. The molecule has 1 aromatic carbocycles. The van der Waals surface area contributed by atoms with Gasteiger partial charge in [0.1, 0.15) is 0 Å². The van der Waals surface area contributed by atoms with Gasteiger partial charge in [-0.25, -0.2) is 13.6 Å². The van der Waals surface area contributed by atoms with Gasteiger partial charge in [0, 0.05) is 23.1 Å². The maximum atomic E-state index is 12.5. The third-order valence-corrected chi connectivity index (χ3v) is 4.65. The van der Waals surface area contributed by atoms with Crippen LogP contribution >= 0.6 is 15.9 Å². The summed E-state index contributed by atoms with van der Waals surface area (Å²) in [5, 5.41) is 5.18. The van der Waals surface area contributed by atoms with E-state index in [0.717, 1.165) is 0 Å². The molecule has 1 aromatic rings. The number of carbonyl (C=O) groups is 1. The minimum atomic E-state index is -3.87. The van der Waals surface area contributed by atoms with Gasteiger partial charge in [0.25, 0.3) is 5.91 Å². The molecule has 0 radical (unpaired) electrons. The van der Waals surface area contributed by atoms with Crippen molar-refractivity contribution in [3.63, 3.8) is 0 Å². The zero-order valence-corrected chi connectivity index (χ0v) is 13.3. The van der Waals surface area contributed by atoms with Crippen LogP contribution < -0.4 is 5.14 Å². The van der Waals surface area contributed by atoms with Crippen LogP contribution in [0.4, 0.5) is 0 Å². The van der Waals surface area contributed by atoms with Crippen molar-refractivity contribution in [1.29, 1.82) is 0 Å². The summed E-state index contributed by atoms with van der Waals surface area (Å²) in [7, 11) is -3.87. The van der Waals surface area contributed by atoms with Gasteiger partial charge in [0.05, 0.1) is 18.1 Å². The predicted octanol–water partition coefficient (Wildman–Crippen LogP) is 0.877. The van der Waals surface area contributed by atoms with Crippen LogP contribution in [0, 0.1) is 6.92 Å². The van der Waals surface area contributed by atoms with E-state index < -0.39 is 10.0 Å². The first-order chi connectivity index (χ1) is 9.30. The molecule has 0 bridgehead atoms. The number of primary sulfonamides is 1. The van der Waals surface area contributed by atoms with Gasteiger partial charge in [0.15, 0.2) is 0 Å². The van der Waals surface area contributed by atoms with Crippen LogP contribution in [0.25, 0.3) is 0 Å². The maximum Gasteiger partial charge on any atom is 0.254 e. The van der Waals surface area contributed by atoms with Gasteiger partial charge in [-0.1, -0.05) is 15.9 Å². The topological polar surface area (TPSA) is 89.7 Å². The molecule has 8 heteroatoms. The number of carbonyl (C=O) groups excluding carboxylic acids is 1. The fourth-order valence-electron chi connectivity index (χ4n) is 2.11. The Bertz CT molecular complexity index is 639. The van der Waals surface area contributed by atoms with Gasteiger partial charge in [-0.05, 0) is 24.6 Å². The second kappa shape index (κ2) is 5.80. The first-order valence-electron chi connectivity index (χ1n) is 6.00. The number of sulfonamides is 1. The number of nitrogens with two attached hydrogens (primary N) is 1. The van der Waals surface area contributed by atoms with Crippen molar-refractivity contribution >= 4 is 31.9 Å². The molecule has 0 atom stereocenters. The highest BCUT2D eigenvalue weighted by atomic mass is 79.9. The molecule has 2 N–H and O–H groups in total. The standard InChI is InChI=1S/C12H15BrN2O4S/c1-8-10(12(16)15-2-4-19-5-3-15)6-9(13)7-11(8)20(14,17)18/h6-7H,2-5H2,1H3,(H2,14,17,18). The molecule has 1 heterocycles. The molecule has 1 aliphatic rings. The molecule has 1 saturated heterocycles. The molecule has 0 spiro atoms. The Morgan fingerprint density at radius 1 is 1.35 bits per heavy atom. The average molecular weight is 363 g/mol. The Kier molecular flexibility index (Phi) is 4.48. The lowest BCUT2D eigenvalue weighted by atomic mass is 10.1. The van der Waals surface area contributed by atoms with Crippen LogP contribution in [0.1, 0.15) is 15.9 Å². The molecule has 2 rings (SSSR count). The number of halogens is 1. The molecule has 6 nitrogen and oxygen atoms in total. The summed E-state index contributed by atoms with van der Waals surface area (Å²) in [4.78, 5) is 14.1. The van der Waals surface area contributed by atoms with Crippen LogP contribution in [0.5, 0.6) is 0 Å². The summed E-state index contributed by atoms with van der Waals surface area (Å²) < 4.78 is 28.8. The fraction of sp³-hybridized carbons (Fsp3) is 0.417. The molecule has 0 aliphatic carbocycles. The molecular formula is C12H15BrN2O4S. The van der Waals surface area contributed by atoms with E-state index in [1.165, 1.54) is 6.07 Å². The highest BCUT2D eigenvalue weighted by Crippen LogP contribution is 2.25. The minimum Gasteiger partial charge on any atom is -0.378 e. The monoisotopic (exact) mass is 362 g/mol. The van der Waals surface area contributed by atoms with E-state index in [1.807, 2.05) is 0 Å². The van der Waals surface area contributed by atoms with E-state index in [0.29, 0.717) is 41.9 Å². The molecular weight excluding hydrogens is 348 g/mol. The number of morpholine rings is 1. The van der Waals surface area contributed by atoms with Crippen molar-refractivity contribution in [1.82, 2.24) is 4.90 Å². The number of hydrogen-bond donors (Lipinski definition) is 1. The maximum absolute atomic E-state index is 12.5. The van der Waals surface area contributed by atoms with E-state index in [-0.39, 0.29) is 10.8 Å². The molecule has 0 saturated carbocycles. The molecule has 0 unspecified atom stereocenters. The molecule has 1 amide bonds. The van der Waals surface area contributed by atoms with Gasteiger partial charge < -0.3 is 9.64 Å². The van der Waals surface area contributed by atoms with E-state index in [4.69, 9.17) is 9.88 Å². The second-order valence-corrected chi connectivity index (χ2v) is 6.97. The summed E-state index contributed by atoms with van der Waals surface area (Å²) in [5.41, 5.74) is 0.706. The van der Waals surface area contributed by atoms with Crippen LogP contribution in [0.2, 0.25) is 0 Å². The minimum absolute atomic E-state index is 0.0384. The first kappa shape index (κ1) is 15.4. The Labute approximate surface area is 126 Å². The molecule has 1 fully saturated rings. The predicted molar refractivity (Wildman–Crippen MR) is 77.0 cm³/mol. The lowest BCUT2D eigenvalue weighted by Gasteiger charge is -2.27. The normalized spacial score (nSPS) is 16.2. The van der Waals surface area contributed by atoms with E-state index in [1.54, 1.807) is 17.9 Å². The van der Waals surface area contributed by atoms with Crippen LogP contribution in [-0.4, -0.2) is 45.5 Å². The van der Waals surface area contributed by atoms with Crippen LogP contribution in [0.3, 0.4) is 0 Å². The first-order valence-corrected chi connectivity index (χ1v) is 8.34. The van der Waals surface area contributed by atoms with Gasteiger partial charge in [-0.15, -0.1) is 0 Å². The van der Waals surface area contributed by atoms with Gasteiger partial charge >= 0.3 is 0 Å². The van der Waals surface area contributed by atoms with Crippen molar-refractivity contribution in [2.75, 3.05) is 26.3 Å². The number of nitrogens with zero attached hydrogens (tertiary/aromatic N) is 1. The lowest BCUT2D eigenvalue weighted by Crippen LogP contribution is -2.41. The average Bonchev–Trinajstić information content (AvgIpc) is 2.40. The Hall–Kier alpha value is -0.960.